The summed E-state index contributed by atoms with van der Waals surface area (Å²) in [5.74, 6) is 1.77. The lowest BCUT2D eigenvalue weighted by atomic mass is 10.0. The van der Waals surface area contributed by atoms with Crippen molar-refractivity contribution >= 4 is 22.6 Å². The number of hydrogen-bond donors (Lipinski definition) is 0. The van der Waals surface area contributed by atoms with Gasteiger partial charge in [-0.3, -0.25) is 9.48 Å². The van der Waals surface area contributed by atoms with E-state index in [1.807, 2.05) is 31.1 Å². The summed E-state index contributed by atoms with van der Waals surface area (Å²) >= 11 is 0. The first-order chi connectivity index (χ1) is 14.0. The molecule has 4 rings (SSSR count). The van der Waals surface area contributed by atoms with Crippen LogP contribution in [0.15, 0.2) is 36.7 Å². The fourth-order valence-corrected chi connectivity index (χ4v) is 4.03. The number of aromatic nitrogens is 3. The summed E-state index contributed by atoms with van der Waals surface area (Å²) in [7, 11) is 5.37. The Hall–Kier alpha value is -3.09. The monoisotopic (exact) mass is 393 g/mol. The fourth-order valence-electron chi connectivity index (χ4n) is 4.03. The number of hydrogen-bond acceptors (Lipinski definition) is 5. The van der Waals surface area contributed by atoms with Gasteiger partial charge in [0.2, 0.25) is 0 Å². The van der Waals surface area contributed by atoms with E-state index < -0.39 is 0 Å². The first-order valence-corrected chi connectivity index (χ1v) is 9.92. The smallest absolute Gasteiger partial charge is 0.257 e. The van der Waals surface area contributed by atoms with Crippen LogP contribution in [-0.2, 0) is 7.05 Å². The number of amides is 1. The van der Waals surface area contributed by atoms with Crippen LogP contribution in [-0.4, -0.2) is 58.9 Å². The highest BCUT2D eigenvalue weighted by Gasteiger charge is 2.28. The van der Waals surface area contributed by atoms with Crippen LogP contribution in [0.4, 0.5) is 5.82 Å². The van der Waals surface area contributed by atoms with Crippen molar-refractivity contribution in [2.24, 2.45) is 7.05 Å². The molecule has 29 heavy (non-hydrogen) atoms. The van der Waals surface area contributed by atoms with Crippen LogP contribution in [0.1, 0.15) is 28.8 Å². The Morgan fingerprint density at radius 3 is 2.86 bits per heavy atom. The second kappa shape index (κ2) is 7.73. The summed E-state index contributed by atoms with van der Waals surface area (Å²) in [6, 6.07) is 8.28. The predicted octanol–water partition coefficient (Wildman–Crippen LogP) is 3.03. The van der Waals surface area contributed by atoms with Crippen LogP contribution < -0.4 is 9.64 Å². The van der Waals surface area contributed by atoms with Crippen LogP contribution in [0.3, 0.4) is 0 Å². The first kappa shape index (κ1) is 19.2. The van der Waals surface area contributed by atoms with Gasteiger partial charge in [0.25, 0.3) is 5.91 Å². The van der Waals surface area contributed by atoms with Crippen LogP contribution >= 0.6 is 0 Å². The van der Waals surface area contributed by atoms with E-state index in [2.05, 4.69) is 29.1 Å². The molecule has 3 aromatic rings. The maximum atomic E-state index is 12.8. The Morgan fingerprint density at radius 2 is 2.14 bits per heavy atom. The molecule has 1 aliphatic rings. The molecule has 7 heteroatoms. The summed E-state index contributed by atoms with van der Waals surface area (Å²) in [6.07, 6.45) is 5.40. The molecule has 0 radical (unpaired) electrons. The Bertz CT molecular complexity index is 1040. The Balaban J connectivity index is 1.57. The number of carbonyl (C=O) groups is 1. The average molecular weight is 393 g/mol. The molecule has 0 N–H and O–H groups in total. The van der Waals surface area contributed by atoms with Crippen molar-refractivity contribution < 1.29 is 9.53 Å². The van der Waals surface area contributed by atoms with Gasteiger partial charge in [-0.25, -0.2) is 4.98 Å². The van der Waals surface area contributed by atoms with Crippen LogP contribution in [0, 0.1) is 6.92 Å². The van der Waals surface area contributed by atoms with Gasteiger partial charge in [0.15, 0.2) is 0 Å². The SMILES string of the molecule is COc1ccc2c(C)cc(N3CCCC(N(C)C(=O)c4cnn(C)c4)C3)nc2c1. The summed E-state index contributed by atoms with van der Waals surface area (Å²) in [4.78, 5) is 21.9. The Morgan fingerprint density at radius 1 is 1.31 bits per heavy atom. The van der Waals surface area contributed by atoms with Crippen molar-refractivity contribution in [3.05, 3.63) is 47.8 Å². The lowest BCUT2D eigenvalue weighted by Crippen LogP contribution is -2.48. The Kier molecular flexibility index (Phi) is 5.13. The number of methoxy groups -OCH3 is 1. The third-order valence-corrected chi connectivity index (χ3v) is 5.75. The normalized spacial score (nSPS) is 16.8. The van der Waals surface area contributed by atoms with E-state index in [-0.39, 0.29) is 11.9 Å². The number of rotatable bonds is 4. The van der Waals surface area contributed by atoms with E-state index in [0.29, 0.717) is 5.56 Å². The maximum Gasteiger partial charge on any atom is 0.257 e. The van der Waals surface area contributed by atoms with E-state index >= 15 is 0 Å². The zero-order valence-electron chi connectivity index (χ0n) is 17.4. The van der Waals surface area contributed by atoms with Gasteiger partial charge in [-0.2, -0.15) is 5.10 Å². The zero-order chi connectivity index (χ0) is 20.5. The number of carbonyl (C=O) groups excluding carboxylic acids is 1. The Labute approximate surface area is 170 Å². The van der Waals surface area contributed by atoms with Gasteiger partial charge in [0.05, 0.1) is 24.4 Å². The van der Waals surface area contributed by atoms with E-state index in [4.69, 9.17) is 9.72 Å². The molecule has 0 spiro atoms. The minimum Gasteiger partial charge on any atom is -0.497 e. The summed E-state index contributed by atoms with van der Waals surface area (Å²) in [5, 5.41) is 5.25. The quantitative estimate of drug-likeness (QED) is 0.682. The van der Waals surface area contributed by atoms with Gasteiger partial charge < -0.3 is 14.5 Å². The highest BCUT2D eigenvalue weighted by atomic mass is 16.5. The highest BCUT2D eigenvalue weighted by Crippen LogP contribution is 2.28. The van der Waals surface area contributed by atoms with E-state index in [1.54, 1.807) is 24.2 Å². The predicted molar refractivity (Wildman–Crippen MR) is 114 cm³/mol. The number of pyridine rings is 1. The van der Waals surface area contributed by atoms with Crippen molar-refractivity contribution in [2.75, 3.05) is 32.1 Å². The second-order valence-electron chi connectivity index (χ2n) is 7.74. The number of fused-ring (bicyclic) bond motifs is 1. The molecule has 152 valence electrons. The van der Waals surface area contributed by atoms with Crippen molar-refractivity contribution in [1.82, 2.24) is 19.7 Å². The number of aryl methyl sites for hydroxylation is 2. The first-order valence-electron chi connectivity index (χ1n) is 9.92. The number of nitrogens with zero attached hydrogens (tertiary/aromatic N) is 5. The number of piperidine rings is 1. The molecule has 0 saturated carbocycles. The highest BCUT2D eigenvalue weighted by molar-refractivity contribution is 5.93. The van der Waals surface area contributed by atoms with Crippen molar-refractivity contribution in [3.8, 4) is 5.75 Å². The molecule has 3 heterocycles. The third-order valence-electron chi connectivity index (χ3n) is 5.75. The summed E-state index contributed by atoms with van der Waals surface area (Å²) in [5.41, 5.74) is 2.75. The van der Waals surface area contributed by atoms with Gasteiger partial charge in [-0.15, -0.1) is 0 Å². The minimum absolute atomic E-state index is 0.0114. The molecule has 0 aliphatic carbocycles. The van der Waals surface area contributed by atoms with Gasteiger partial charge in [-0.05, 0) is 43.5 Å². The molecule has 1 aromatic carbocycles. The molecule has 2 aromatic heterocycles. The zero-order valence-corrected chi connectivity index (χ0v) is 17.4. The molecule has 1 fully saturated rings. The van der Waals surface area contributed by atoms with Crippen molar-refractivity contribution in [2.45, 2.75) is 25.8 Å². The minimum atomic E-state index is 0.0114. The number of anilines is 1. The van der Waals surface area contributed by atoms with Gasteiger partial charge >= 0.3 is 0 Å². The van der Waals surface area contributed by atoms with Crippen LogP contribution in [0.25, 0.3) is 10.9 Å². The molecule has 1 unspecified atom stereocenters. The molecule has 1 atom stereocenters. The molecular weight excluding hydrogens is 366 g/mol. The van der Waals surface area contributed by atoms with Gasteiger partial charge in [0.1, 0.15) is 11.6 Å². The maximum absolute atomic E-state index is 12.8. The van der Waals surface area contributed by atoms with Crippen molar-refractivity contribution in [3.63, 3.8) is 0 Å². The standard InChI is InChI=1S/C22H27N5O2/c1-15-10-21(24-20-11-18(29-4)7-8-19(15)20)27-9-5-6-17(14-27)26(3)22(28)16-12-23-25(2)13-16/h7-8,10-13,17H,5-6,9,14H2,1-4H3. The van der Waals surface area contributed by atoms with Gasteiger partial charge in [0, 0.05) is 50.9 Å². The summed E-state index contributed by atoms with van der Waals surface area (Å²) < 4.78 is 7.02. The molecule has 7 nitrogen and oxygen atoms in total. The van der Waals surface area contributed by atoms with Crippen LogP contribution in [0.2, 0.25) is 0 Å². The number of benzene rings is 1. The van der Waals surface area contributed by atoms with E-state index in [1.165, 1.54) is 5.56 Å². The lowest BCUT2D eigenvalue weighted by molar-refractivity contribution is 0.0717. The largest absolute Gasteiger partial charge is 0.497 e. The summed E-state index contributed by atoms with van der Waals surface area (Å²) in [6.45, 7) is 3.82. The third kappa shape index (κ3) is 3.77. The second-order valence-corrected chi connectivity index (χ2v) is 7.74. The molecular formula is C22H27N5O2. The lowest BCUT2D eigenvalue weighted by Gasteiger charge is -2.38. The molecule has 0 bridgehead atoms. The van der Waals surface area contributed by atoms with Crippen LogP contribution in [0.5, 0.6) is 5.75 Å². The molecule has 1 saturated heterocycles. The fraction of sp³-hybridized carbons (Fsp3) is 0.409. The number of ether oxygens (including phenoxy) is 1. The average Bonchev–Trinajstić information content (AvgIpc) is 3.18. The van der Waals surface area contributed by atoms with E-state index in [9.17, 15) is 4.79 Å². The number of likely N-dealkylation sites (N-methyl/N-ethyl adjacent to an activating group) is 1. The van der Waals surface area contributed by atoms with E-state index in [0.717, 1.165) is 48.4 Å². The van der Waals surface area contributed by atoms with Crippen molar-refractivity contribution in [1.29, 1.82) is 0 Å². The molecule has 1 amide bonds. The molecule has 1 aliphatic heterocycles. The topological polar surface area (TPSA) is 63.5 Å². The van der Waals surface area contributed by atoms with Gasteiger partial charge in [-0.1, -0.05) is 0 Å².